The number of nitrogens with one attached hydrogen (secondary N) is 1. The zero-order chi connectivity index (χ0) is 18.6. The van der Waals surface area contributed by atoms with E-state index in [-0.39, 0.29) is 6.04 Å². The molecule has 1 aromatic heterocycles. The topological polar surface area (TPSA) is 67.9 Å². The van der Waals surface area contributed by atoms with Gasteiger partial charge in [0.1, 0.15) is 4.21 Å². The van der Waals surface area contributed by atoms with E-state index in [0.717, 1.165) is 31.5 Å². The lowest BCUT2D eigenvalue weighted by Gasteiger charge is -2.28. The van der Waals surface area contributed by atoms with Crippen molar-refractivity contribution >= 4 is 21.4 Å². The van der Waals surface area contributed by atoms with Crippen LogP contribution in [0.1, 0.15) is 24.4 Å². The fourth-order valence-electron chi connectivity index (χ4n) is 3.25. The van der Waals surface area contributed by atoms with Crippen LogP contribution >= 0.6 is 11.3 Å². The molecule has 142 valence electrons. The number of nitrogens with zero attached hydrogens (tertiary/aromatic N) is 1. The maximum absolute atomic E-state index is 12.5. The van der Waals surface area contributed by atoms with Crippen LogP contribution in [-0.4, -0.2) is 47.2 Å². The molecule has 1 aliphatic rings. The Balaban J connectivity index is 1.84. The Morgan fingerprint density at radius 2 is 1.88 bits per heavy atom. The first-order valence-electron chi connectivity index (χ1n) is 8.54. The summed E-state index contributed by atoms with van der Waals surface area (Å²) < 4.78 is 38.8. The van der Waals surface area contributed by atoms with Gasteiger partial charge in [0.2, 0.25) is 10.0 Å². The first-order chi connectivity index (χ1) is 12.5. The van der Waals surface area contributed by atoms with Gasteiger partial charge in [-0.25, -0.2) is 13.1 Å². The van der Waals surface area contributed by atoms with Crippen molar-refractivity contribution in [2.75, 3.05) is 33.9 Å². The number of likely N-dealkylation sites (tertiary alicyclic amines) is 1. The van der Waals surface area contributed by atoms with Crippen molar-refractivity contribution in [3.05, 3.63) is 41.3 Å². The zero-order valence-electron chi connectivity index (χ0n) is 15.0. The Morgan fingerprint density at radius 1 is 1.15 bits per heavy atom. The van der Waals surface area contributed by atoms with Crippen molar-refractivity contribution in [2.24, 2.45) is 0 Å². The second kappa shape index (κ2) is 8.39. The van der Waals surface area contributed by atoms with E-state index in [4.69, 9.17) is 9.47 Å². The van der Waals surface area contributed by atoms with E-state index >= 15 is 0 Å². The first-order valence-corrected chi connectivity index (χ1v) is 10.9. The van der Waals surface area contributed by atoms with Crippen molar-refractivity contribution in [3.8, 4) is 11.5 Å². The van der Waals surface area contributed by atoms with Crippen LogP contribution in [0.4, 0.5) is 0 Å². The van der Waals surface area contributed by atoms with Gasteiger partial charge >= 0.3 is 0 Å². The smallest absolute Gasteiger partial charge is 0.250 e. The summed E-state index contributed by atoms with van der Waals surface area (Å²) in [4.78, 5) is 2.32. The van der Waals surface area contributed by atoms with Gasteiger partial charge in [-0.3, -0.25) is 4.90 Å². The second-order valence-electron chi connectivity index (χ2n) is 6.16. The Kier molecular flexibility index (Phi) is 6.18. The summed E-state index contributed by atoms with van der Waals surface area (Å²) in [7, 11) is -0.287. The van der Waals surface area contributed by atoms with Gasteiger partial charge in [0.15, 0.2) is 11.5 Å². The van der Waals surface area contributed by atoms with E-state index in [2.05, 4.69) is 9.62 Å². The molecule has 0 amide bonds. The van der Waals surface area contributed by atoms with Gasteiger partial charge in [0.05, 0.1) is 14.2 Å². The Labute approximate surface area is 158 Å². The van der Waals surface area contributed by atoms with E-state index in [1.54, 1.807) is 31.7 Å². The maximum atomic E-state index is 12.5. The third kappa shape index (κ3) is 4.20. The van der Waals surface area contributed by atoms with Gasteiger partial charge < -0.3 is 9.47 Å². The minimum atomic E-state index is -3.49. The summed E-state index contributed by atoms with van der Waals surface area (Å²) in [6, 6.07) is 9.09. The molecule has 1 fully saturated rings. The minimum Gasteiger partial charge on any atom is -0.493 e. The number of sulfonamides is 1. The van der Waals surface area contributed by atoms with Crippen LogP contribution in [0.3, 0.4) is 0 Å². The third-order valence-electron chi connectivity index (χ3n) is 4.60. The van der Waals surface area contributed by atoms with Gasteiger partial charge in [-0.15, -0.1) is 11.3 Å². The number of benzene rings is 1. The average molecular weight is 397 g/mol. The van der Waals surface area contributed by atoms with Crippen LogP contribution < -0.4 is 14.2 Å². The molecule has 1 aromatic carbocycles. The molecule has 6 nitrogen and oxygen atoms in total. The molecule has 0 radical (unpaired) electrons. The van der Waals surface area contributed by atoms with Gasteiger partial charge in [0, 0.05) is 12.6 Å². The summed E-state index contributed by atoms with van der Waals surface area (Å²) in [6.45, 7) is 2.23. The zero-order valence-corrected chi connectivity index (χ0v) is 16.6. The van der Waals surface area contributed by atoms with Crippen molar-refractivity contribution in [3.63, 3.8) is 0 Å². The van der Waals surface area contributed by atoms with Crippen LogP contribution in [0.2, 0.25) is 0 Å². The summed E-state index contributed by atoms with van der Waals surface area (Å²) in [5.41, 5.74) is 1.01. The van der Waals surface area contributed by atoms with Crippen LogP contribution in [0, 0.1) is 0 Å². The minimum absolute atomic E-state index is 0.0490. The van der Waals surface area contributed by atoms with Crippen molar-refractivity contribution in [1.29, 1.82) is 0 Å². The number of ether oxygens (including phenoxy) is 2. The number of rotatable bonds is 8. The highest BCUT2D eigenvalue weighted by Crippen LogP contribution is 2.33. The lowest BCUT2D eigenvalue weighted by Crippen LogP contribution is -2.36. The van der Waals surface area contributed by atoms with E-state index < -0.39 is 10.0 Å². The SMILES string of the molecule is COc1ccc(C(CNS(=O)(=O)c2cccs2)N2CCCC2)cc1OC. The molecule has 26 heavy (non-hydrogen) atoms. The van der Waals surface area contributed by atoms with Crippen LogP contribution in [0.25, 0.3) is 0 Å². The molecule has 2 aromatic rings. The molecule has 1 N–H and O–H groups in total. The largest absolute Gasteiger partial charge is 0.493 e. The van der Waals surface area contributed by atoms with Gasteiger partial charge in [0.25, 0.3) is 0 Å². The number of hydrogen-bond donors (Lipinski definition) is 1. The lowest BCUT2D eigenvalue weighted by molar-refractivity contribution is 0.245. The number of thiophene rings is 1. The standard InChI is InChI=1S/C18H24N2O4S2/c1-23-16-8-7-14(12-17(16)24-2)15(20-9-3-4-10-20)13-19-26(21,22)18-6-5-11-25-18/h5-8,11-12,15,19H,3-4,9-10,13H2,1-2H3. The molecule has 3 rings (SSSR count). The predicted molar refractivity (Wildman–Crippen MR) is 103 cm³/mol. The van der Waals surface area contributed by atoms with Crippen molar-refractivity contribution in [1.82, 2.24) is 9.62 Å². The van der Waals surface area contributed by atoms with Gasteiger partial charge in [-0.05, 0) is 55.1 Å². The fraction of sp³-hybridized carbons (Fsp3) is 0.444. The second-order valence-corrected chi connectivity index (χ2v) is 9.10. The number of methoxy groups -OCH3 is 2. The van der Waals surface area contributed by atoms with Crippen LogP contribution in [-0.2, 0) is 10.0 Å². The molecule has 1 atom stereocenters. The van der Waals surface area contributed by atoms with E-state index in [1.807, 2.05) is 18.2 Å². The highest BCUT2D eigenvalue weighted by atomic mass is 32.2. The lowest BCUT2D eigenvalue weighted by atomic mass is 10.0. The summed E-state index contributed by atoms with van der Waals surface area (Å²) >= 11 is 1.22. The van der Waals surface area contributed by atoms with E-state index in [1.165, 1.54) is 11.3 Å². The van der Waals surface area contributed by atoms with E-state index in [0.29, 0.717) is 22.3 Å². The molecule has 1 aliphatic heterocycles. The highest BCUT2D eigenvalue weighted by Gasteiger charge is 2.26. The molecule has 0 bridgehead atoms. The normalized spacial score (nSPS) is 16.5. The molecular weight excluding hydrogens is 372 g/mol. The monoisotopic (exact) mass is 396 g/mol. The fourth-order valence-corrected chi connectivity index (χ4v) is 5.32. The average Bonchev–Trinajstić information content (AvgIpc) is 3.35. The Hall–Kier alpha value is -1.61. The predicted octanol–water partition coefficient (Wildman–Crippen LogP) is 2.88. The van der Waals surface area contributed by atoms with Crippen molar-refractivity contribution < 1.29 is 17.9 Å². The Morgan fingerprint density at radius 3 is 2.50 bits per heavy atom. The molecule has 1 saturated heterocycles. The first kappa shape index (κ1) is 19.2. The quantitative estimate of drug-likeness (QED) is 0.743. The molecule has 0 saturated carbocycles. The summed E-state index contributed by atoms with van der Waals surface area (Å²) in [5.74, 6) is 1.31. The van der Waals surface area contributed by atoms with Crippen LogP contribution in [0.5, 0.6) is 11.5 Å². The molecular formula is C18H24N2O4S2. The number of hydrogen-bond acceptors (Lipinski definition) is 6. The van der Waals surface area contributed by atoms with Crippen molar-refractivity contribution in [2.45, 2.75) is 23.1 Å². The van der Waals surface area contributed by atoms with Gasteiger partial charge in [-0.1, -0.05) is 12.1 Å². The maximum Gasteiger partial charge on any atom is 0.250 e. The molecule has 0 spiro atoms. The third-order valence-corrected chi connectivity index (χ3v) is 7.42. The highest BCUT2D eigenvalue weighted by molar-refractivity contribution is 7.91. The molecule has 2 heterocycles. The molecule has 0 aliphatic carbocycles. The van der Waals surface area contributed by atoms with Gasteiger partial charge in [-0.2, -0.15) is 0 Å². The summed E-state index contributed by atoms with van der Waals surface area (Å²) in [6.07, 6.45) is 2.25. The molecule has 8 heteroatoms. The van der Waals surface area contributed by atoms with Crippen LogP contribution in [0.15, 0.2) is 39.9 Å². The summed E-state index contributed by atoms with van der Waals surface area (Å²) in [5, 5.41) is 1.76. The van der Waals surface area contributed by atoms with E-state index in [9.17, 15) is 8.42 Å². The Bertz CT molecular complexity index is 816. The molecule has 1 unspecified atom stereocenters.